The Hall–Kier alpha value is -2.33. The van der Waals surface area contributed by atoms with Crippen molar-refractivity contribution in [2.24, 2.45) is 0 Å². The molecule has 0 aliphatic heterocycles. The van der Waals surface area contributed by atoms with Crippen LogP contribution in [0.4, 0.5) is 5.69 Å². The van der Waals surface area contributed by atoms with E-state index in [-0.39, 0.29) is 0 Å². The summed E-state index contributed by atoms with van der Waals surface area (Å²) in [5.41, 5.74) is 5.10. The van der Waals surface area contributed by atoms with Gasteiger partial charge in [0.25, 0.3) is 0 Å². The minimum absolute atomic E-state index is 0.511. The number of thiocarbonyl (C=S) groups is 1. The molecular weight excluding hydrogens is 386 g/mol. The van der Waals surface area contributed by atoms with Crippen LogP contribution >= 0.6 is 12.2 Å². The van der Waals surface area contributed by atoms with Gasteiger partial charge < -0.3 is 14.8 Å². The molecule has 3 nitrogen and oxygen atoms in total. The summed E-state index contributed by atoms with van der Waals surface area (Å²) in [5, 5.41) is 5.75. The number of aryl methyl sites for hydroxylation is 2. The standard InChI is InChI=1S/C26H33N3S/c1-3-20-11-10-12-22(17-20)27-26(30)29(23-13-6-5-7-14-23)19-21-18-28(4-2)25-16-9-8-15-24(21)25/h8-12,15-18,23H,3-7,13-14,19H2,1-2H3,(H,27,30). The van der Waals surface area contributed by atoms with Crippen molar-refractivity contribution in [2.45, 2.75) is 71.5 Å². The van der Waals surface area contributed by atoms with Gasteiger partial charge in [-0.2, -0.15) is 0 Å². The molecular formula is C26H33N3S. The average Bonchev–Trinajstić information content (AvgIpc) is 3.16. The molecule has 0 atom stereocenters. The van der Waals surface area contributed by atoms with E-state index in [4.69, 9.17) is 12.2 Å². The monoisotopic (exact) mass is 419 g/mol. The molecule has 0 spiro atoms. The van der Waals surface area contributed by atoms with Gasteiger partial charge in [-0.1, -0.05) is 56.5 Å². The number of anilines is 1. The summed E-state index contributed by atoms with van der Waals surface area (Å²) in [6.07, 6.45) is 9.74. The normalized spacial score (nSPS) is 14.7. The number of aromatic nitrogens is 1. The van der Waals surface area contributed by atoms with Crippen molar-refractivity contribution in [1.29, 1.82) is 0 Å². The van der Waals surface area contributed by atoms with Crippen LogP contribution in [0, 0.1) is 0 Å². The minimum Gasteiger partial charge on any atom is -0.347 e. The van der Waals surface area contributed by atoms with E-state index >= 15 is 0 Å². The molecule has 0 saturated heterocycles. The molecule has 0 radical (unpaired) electrons. The molecule has 0 amide bonds. The fraction of sp³-hybridized carbons (Fsp3) is 0.423. The Labute approximate surface area is 186 Å². The highest BCUT2D eigenvalue weighted by Gasteiger charge is 2.25. The molecule has 1 aliphatic rings. The van der Waals surface area contributed by atoms with Crippen LogP contribution in [0.15, 0.2) is 54.7 Å². The summed E-state index contributed by atoms with van der Waals surface area (Å²) in [6.45, 7) is 6.24. The highest BCUT2D eigenvalue weighted by molar-refractivity contribution is 7.80. The zero-order chi connectivity index (χ0) is 20.9. The maximum atomic E-state index is 5.98. The number of rotatable bonds is 6. The van der Waals surface area contributed by atoms with Crippen molar-refractivity contribution in [2.75, 3.05) is 5.32 Å². The Morgan fingerprint density at radius 2 is 1.87 bits per heavy atom. The molecule has 1 aromatic heterocycles. The fourth-order valence-corrected chi connectivity index (χ4v) is 5.05. The third-order valence-electron chi connectivity index (χ3n) is 6.42. The van der Waals surface area contributed by atoms with Crippen LogP contribution in [0.5, 0.6) is 0 Å². The zero-order valence-electron chi connectivity index (χ0n) is 18.2. The number of para-hydroxylation sites is 1. The van der Waals surface area contributed by atoms with Gasteiger partial charge in [0, 0.05) is 41.9 Å². The Kier molecular flexibility index (Phi) is 6.73. The molecule has 158 valence electrons. The average molecular weight is 420 g/mol. The second-order valence-electron chi connectivity index (χ2n) is 8.36. The third-order valence-corrected chi connectivity index (χ3v) is 6.75. The van der Waals surface area contributed by atoms with E-state index in [1.807, 2.05) is 0 Å². The molecule has 1 saturated carbocycles. The molecule has 1 aliphatic carbocycles. The predicted octanol–water partition coefficient (Wildman–Crippen LogP) is 6.76. The Bertz CT molecular complexity index is 1000. The van der Waals surface area contributed by atoms with Gasteiger partial charge in [-0.15, -0.1) is 0 Å². The van der Waals surface area contributed by atoms with Gasteiger partial charge in [0.2, 0.25) is 0 Å². The Morgan fingerprint density at radius 3 is 2.63 bits per heavy atom. The molecule has 30 heavy (non-hydrogen) atoms. The lowest BCUT2D eigenvalue weighted by atomic mass is 9.94. The number of hydrogen-bond acceptors (Lipinski definition) is 1. The van der Waals surface area contributed by atoms with Crippen LogP contribution in [-0.4, -0.2) is 20.6 Å². The van der Waals surface area contributed by atoms with Crippen LogP contribution in [0.25, 0.3) is 10.9 Å². The number of benzene rings is 2. The number of hydrogen-bond donors (Lipinski definition) is 1. The first-order valence-corrected chi connectivity index (χ1v) is 11.8. The van der Waals surface area contributed by atoms with E-state index in [1.54, 1.807) is 0 Å². The van der Waals surface area contributed by atoms with E-state index in [9.17, 15) is 0 Å². The lowest BCUT2D eigenvalue weighted by Crippen LogP contribution is -2.43. The molecule has 3 aromatic rings. The first kappa shape index (κ1) is 20.9. The van der Waals surface area contributed by atoms with E-state index in [0.29, 0.717) is 6.04 Å². The lowest BCUT2D eigenvalue weighted by molar-refractivity contribution is 0.241. The van der Waals surface area contributed by atoms with Crippen molar-refractivity contribution < 1.29 is 0 Å². The van der Waals surface area contributed by atoms with Crippen LogP contribution < -0.4 is 5.32 Å². The lowest BCUT2D eigenvalue weighted by Gasteiger charge is -2.36. The fourth-order valence-electron chi connectivity index (χ4n) is 4.72. The molecule has 2 aromatic carbocycles. The summed E-state index contributed by atoms with van der Waals surface area (Å²) in [7, 11) is 0. The van der Waals surface area contributed by atoms with Crippen molar-refractivity contribution in [1.82, 2.24) is 9.47 Å². The molecule has 1 fully saturated rings. The van der Waals surface area contributed by atoms with Gasteiger partial charge in [-0.05, 0) is 67.7 Å². The summed E-state index contributed by atoms with van der Waals surface area (Å²) >= 11 is 5.98. The number of fused-ring (bicyclic) bond motifs is 1. The first-order chi connectivity index (χ1) is 14.7. The SMILES string of the molecule is CCc1cccc(NC(=S)N(Cc2cn(CC)c3ccccc23)C2CCCCC2)c1. The topological polar surface area (TPSA) is 20.2 Å². The smallest absolute Gasteiger partial charge is 0.173 e. The second-order valence-corrected chi connectivity index (χ2v) is 8.75. The van der Waals surface area contributed by atoms with Crippen LogP contribution in [0.2, 0.25) is 0 Å². The van der Waals surface area contributed by atoms with E-state index in [1.165, 1.54) is 54.1 Å². The van der Waals surface area contributed by atoms with Gasteiger partial charge >= 0.3 is 0 Å². The zero-order valence-corrected chi connectivity index (χ0v) is 19.0. The minimum atomic E-state index is 0.511. The maximum Gasteiger partial charge on any atom is 0.173 e. The molecule has 4 rings (SSSR count). The largest absolute Gasteiger partial charge is 0.347 e. The van der Waals surface area contributed by atoms with Crippen molar-refractivity contribution in [3.8, 4) is 0 Å². The van der Waals surface area contributed by atoms with Gasteiger partial charge in [0.05, 0.1) is 0 Å². The summed E-state index contributed by atoms with van der Waals surface area (Å²) in [6, 6.07) is 17.9. The van der Waals surface area contributed by atoms with Crippen molar-refractivity contribution in [3.05, 3.63) is 65.9 Å². The first-order valence-electron chi connectivity index (χ1n) is 11.4. The molecule has 1 heterocycles. The van der Waals surface area contributed by atoms with Gasteiger partial charge in [-0.25, -0.2) is 0 Å². The molecule has 0 bridgehead atoms. The summed E-state index contributed by atoms with van der Waals surface area (Å²) < 4.78 is 2.35. The van der Waals surface area contributed by atoms with E-state index in [0.717, 1.165) is 30.3 Å². The van der Waals surface area contributed by atoms with E-state index < -0.39 is 0 Å². The number of nitrogens with zero attached hydrogens (tertiary/aromatic N) is 2. The Balaban J connectivity index is 1.62. The highest BCUT2D eigenvalue weighted by Crippen LogP contribution is 2.28. The third kappa shape index (κ3) is 4.54. The van der Waals surface area contributed by atoms with Crippen molar-refractivity contribution >= 4 is 33.9 Å². The van der Waals surface area contributed by atoms with Crippen LogP contribution in [-0.2, 0) is 19.5 Å². The molecule has 0 unspecified atom stereocenters. The maximum absolute atomic E-state index is 5.98. The van der Waals surface area contributed by atoms with Crippen LogP contribution in [0.1, 0.15) is 57.1 Å². The van der Waals surface area contributed by atoms with E-state index in [2.05, 4.69) is 83.4 Å². The molecule has 4 heteroatoms. The predicted molar refractivity (Wildman–Crippen MR) is 132 cm³/mol. The Morgan fingerprint density at radius 1 is 1.07 bits per heavy atom. The summed E-state index contributed by atoms with van der Waals surface area (Å²) in [5.74, 6) is 0. The second kappa shape index (κ2) is 9.65. The summed E-state index contributed by atoms with van der Waals surface area (Å²) in [4.78, 5) is 2.45. The highest BCUT2D eigenvalue weighted by atomic mass is 32.1. The van der Waals surface area contributed by atoms with Crippen LogP contribution in [0.3, 0.4) is 0 Å². The van der Waals surface area contributed by atoms with Gasteiger partial charge in [0.15, 0.2) is 5.11 Å². The van der Waals surface area contributed by atoms with Gasteiger partial charge in [0.1, 0.15) is 0 Å². The molecule has 1 N–H and O–H groups in total. The van der Waals surface area contributed by atoms with Gasteiger partial charge in [-0.3, -0.25) is 0 Å². The quantitative estimate of drug-likeness (QED) is 0.446. The number of nitrogens with one attached hydrogen (secondary N) is 1. The van der Waals surface area contributed by atoms with Crippen molar-refractivity contribution in [3.63, 3.8) is 0 Å².